The van der Waals surface area contributed by atoms with Crippen LogP contribution < -0.4 is 5.32 Å². The summed E-state index contributed by atoms with van der Waals surface area (Å²) >= 11 is 0. The molecule has 4 aromatic rings. The van der Waals surface area contributed by atoms with Gasteiger partial charge >= 0.3 is 0 Å². The van der Waals surface area contributed by atoms with Crippen molar-refractivity contribution in [3.8, 4) is 22.7 Å². The molecular weight excluding hydrogens is 415 g/mol. The van der Waals surface area contributed by atoms with E-state index in [0.717, 1.165) is 18.4 Å². The van der Waals surface area contributed by atoms with E-state index >= 15 is 0 Å². The number of carbonyl (C=O) groups is 1. The minimum atomic E-state index is -0.519. The van der Waals surface area contributed by atoms with Gasteiger partial charge in [0.25, 0.3) is 5.91 Å². The Morgan fingerprint density at radius 3 is 2.97 bits per heavy atom. The summed E-state index contributed by atoms with van der Waals surface area (Å²) in [7, 11) is 0. The van der Waals surface area contributed by atoms with E-state index < -0.39 is 11.7 Å². The highest BCUT2D eigenvalue weighted by Gasteiger charge is 2.33. The third kappa shape index (κ3) is 3.80. The molecule has 0 aliphatic heterocycles. The summed E-state index contributed by atoms with van der Waals surface area (Å²) in [6, 6.07) is 6.18. The Morgan fingerprint density at radius 2 is 2.22 bits per heavy atom. The van der Waals surface area contributed by atoms with Crippen LogP contribution in [0, 0.1) is 5.82 Å². The van der Waals surface area contributed by atoms with E-state index in [2.05, 4.69) is 25.6 Å². The molecule has 9 nitrogen and oxygen atoms in total. The zero-order valence-electron chi connectivity index (χ0n) is 17.3. The van der Waals surface area contributed by atoms with Gasteiger partial charge in [-0.1, -0.05) is 0 Å². The van der Waals surface area contributed by atoms with E-state index in [1.54, 1.807) is 35.4 Å². The third-order valence-corrected chi connectivity index (χ3v) is 5.42. The number of carbonyl (C=O) groups excluding carboxylic acids is 1. The monoisotopic (exact) mass is 436 g/mol. The van der Waals surface area contributed by atoms with E-state index in [9.17, 15) is 9.18 Å². The van der Waals surface area contributed by atoms with Crippen LogP contribution in [0.25, 0.3) is 22.7 Å². The SMILES string of the molecule is CCO[C@H]1C[C@H](n2cc(NC(=O)c3ccc(-c4cn[nH]c4)o3)c(-c3ncccc3F)n2)C1. The van der Waals surface area contributed by atoms with Crippen LogP contribution in [-0.4, -0.2) is 43.6 Å². The lowest BCUT2D eigenvalue weighted by Crippen LogP contribution is -2.33. The molecule has 2 N–H and O–H groups in total. The van der Waals surface area contributed by atoms with Gasteiger partial charge in [-0.25, -0.2) is 4.39 Å². The Bertz CT molecular complexity index is 1230. The number of rotatable bonds is 7. The fourth-order valence-corrected chi connectivity index (χ4v) is 3.72. The van der Waals surface area contributed by atoms with E-state index in [1.165, 1.54) is 18.3 Å². The molecule has 0 spiro atoms. The van der Waals surface area contributed by atoms with Crippen molar-refractivity contribution in [1.29, 1.82) is 0 Å². The van der Waals surface area contributed by atoms with Gasteiger partial charge in [0, 0.05) is 25.2 Å². The quantitative estimate of drug-likeness (QED) is 0.452. The molecule has 164 valence electrons. The molecule has 1 amide bonds. The molecule has 0 unspecified atom stereocenters. The maximum absolute atomic E-state index is 14.5. The van der Waals surface area contributed by atoms with Crippen LogP contribution in [0.15, 0.2) is 53.5 Å². The summed E-state index contributed by atoms with van der Waals surface area (Å²) in [5, 5.41) is 13.9. The predicted molar refractivity (Wildman–Crippen MR) is 113 cm³/mol. The van der Waals surface area contributed by atoms with Crippen LogP contribution in [0.2, 0.25) is 0 Å². The van der Waals surface area contributed by atoms with Gasteiger partial charge < -0.3 is 14.5 Å². The summed E-state index contributed by atoms with van der Waals surface area (Å²) in [5.41, 5.74) is 1.41. The highest BCUT2D eigenvalue weighted by molar-refractivity contribution is 6.04. The van der Waals surface area contributed by atoms with Gasteiger partial charge in [0.15, 0.2) is 11.6 Å². The number of nitrogens with zero attached hydrogens (tertiary/aromatic N) is 4. The molecular formula is C22H21FN6O3. The number of H-pyrrole nitrogens is 1. The highest BCUT2D eigenvalue weighted by atomic mass is 19.1. The Labute approximate surface area is 182 Å². The fraction of sp³-hybridized carbons (Fsp3) is 0.273. The molecule has 4 heterocycles. The zero-order valence-corrected chi connectivity index (χ0v) is 17.3. The van der Waals surface area contributed by atoms with E-state index in [1.807, 2.05) is 6.92 Å². The van der Waals surface area contributed by atoms with E-state index in [-0.39, 0.29) is 29.3 Å². The largest absolute Gasteiger partial charge is 0.451 e. The summed E-state index contributed by atoms with van der Waals surface area (Å²) in [4.78, 5) is 17.0. The van der Waals surface area contributed by atoms with Crippen molar-refractivity contribution in [3.63, 3.8) is 0 Å². The van der Waals surface area contributed by atoms with Crippen molar-refractivity contribution in [3.05, 3.63) is 60.6 Å². The number of nitrogens with one attached hydrogen (secondary N) is 2. The van der Waals surface area contributed by atoms with E-state index in [4.69, 9.17) is 9.15 Å². The Kier molecular flexibility index (Phi) is 5.28. The highest BCUT2D eigenvalue weighted by Crippen LogP contribution is 2.37. The maximum Gasteiger partial charge on any atom is 0.291 e. The van der Waals surface area contributed by atoms with Crippen molar-refractivity contribution in [1.82, 2.24) is 25.0 Å². The first-order valence-electron chi connectivity index (χ1n) is 10.3. The van der Waals surface area contributed by atoms with Gasteiger partial charge in [-0.15, -0.1) is 0 Å². The van der Waals surface area contributed by atoms with Gasteiger partial charge in [0.05, 0.1) is 29.6 Å². The molecule has 1 aliphatic carbocycles. The minimum Gasteiger partial charge on any atom is -0.451 e. The Morgan fingerprint density at radius 1 is 1.34 bits per heavy atom. The van der Waals surface area contributed by atoms with Crippen LogP contribution in [0.4, 0.5) is 10.1 Å². The molecule has 1 saturated carbocycles. The number of hydrogen-bond donors (Lipinski definition) is 2. The number of aromatic amines is 1. The zero-order chi connectivity index (χ0) is 22.1. The van der Waals surface area contributed by atoms with E-state index in [0.29, 0.717) is 18.1 Å². The lowest BCUT2D eigenvalue weighted by atomic mass is 9.89. The summed E-state index contributed by atoms with van der Waals surface area (Å²) in [5.74, 6) is -0.375. The first-order chi connectivity index (χ1) is 15.6. The second-order valence-electron chi connectivity index (χ2n) is 7.51. The first kappa shape index (κ1) is 20.1. The number of furan rings is 1. The van der Waals surface area contributed by atoms with Crippen LogP contribution in [0.3, 0.4) is 0 Å². The van der Waals surface area contributed by atoms with Crippen molar-refractivity contribution < 1.29 is 18.3 Å². The van der Waals surface area contributed by atoms with Gasteiger partial charge in [-0.3, -0.25) is 19.6 Å². The Hall–Kier alpha value is -3.79. The molecule has 0 aromatic carbocycles. The van der Waals surface area contributed by atoms with Gasteiger partial charge in [0.1, 0.15) is 17.1 Å². The molecule has 1 fully saturated rings. The van der Waals surface area contributed by atoms with Crippen molar-refractivity contribution in [2.75, 3.05) is 11.9 Å². The molecule has 0 atom stereocenters. The molecule has 10 heteroatoms. The fourth-order valence-electron chi connectivity index (χ4n) is 3.72. The van der Waals surface area contributed by atoms with Crippen LogP contribution in [0.5, 0.6) is 0 Å². The number of anilines is 1. The van der Waals surface area contributed by atoms with Crippen LogP contribution in [0.1, 0.15) is 36.4 Å². The van der Waals surface area contributed by atoms with Crippen molar-refractivity contribution in [2.45, 2.75) is 31.9 Å². The molecule has 1 aliphatic rings. The standard InChI is InChI=1S/C22H21FN6O3/c1-2-31-15-8-14(9-15)29-12-17(21(28-29)20-16(23)4-3-7-24-20)27-22(30)19-6-5-18(32-19)13-10-25-26-11-13/h3-7,10-12,14-15H,2,8-9H2,1H3,(H,25,26)(H,27,30)/t14-,15-. The summed E-state index contributed by atoms with van der Waals surface area (Å²) in [6.45, 7) is 2.62. The lowest BCUT2D eigenvalue weighted by molar-refractivity contribution is -0.0226. The summed E-state index contributed by atoms with van der Waals surface area (Å²) < 4.78 is 27.5. The molecule has 32 heavy (non-hydrogen) atoms. The molecule has 0 radical (unpaired) electrons. The van der Waals surface area contributed by atoms with Gasteiger partial charge in [-0.05, 0) is 44.0 Å². The smallest absolute Gasteiger partial charge is 0.291 e. The second-order valence-corrected chi connectivity index (χ2v) is 7.51. The Balaban J connectivity index is 1.42. The molecule has 4 aromatic heterocycles. The predicted octanol–water partition coefficient (Wildman–Crippen LogP) is 4.06. The number of pyridine rings is 1. The first-order valence-corrected chi connectivity index (χ1v) is 10.3. The number of amides is 1. The average Bonchev–Trinajstić information content (AvgIpc) is 3.51. The third-order valence-electron chi connectivity index (χ3n) is 5.42. The van der Waals surface area contributed by atoms with Crippen LogP contribution >= 0.6 is 0 Å². The molecule has 0 bridgehead atoms. The van der Waals surface area contributed by atoms with Gasteiger partial charge in [-0.2, -0.15) is 10.2 Å². The molecule has 5 rings (SSSR count). The number of hydrogen-bond acceptors (Lipinski definition) is 6. The number of halogens is 1. The van der Waals surface area contributed by atoms with Gasteiger partial charge in [0.2, 0.25) is 0 Å². The lowest BCUT2D eigenvalue weighted by Gasteiger charge is -2.34. The normalized spacial score (nSPS) is 17.8. The summed E-state index contributed by atoms with van der Waals surface area (Å²) in [6.07, 6.45) is 8.25. The minimum absolute atomic E-state index is 0.0702. The maximum atomic E-state index is 14.5. The van der Waals surface area contributed by atoms with Crippen molar-refractivity contribution >= 4 is 11.6 Å². The van der Waals surface area contributed by atoms with Crippen LogP contribution in [-0.2, 0) is 4.74 Å². The number of ether oxygens (including phenoxy) is 1. The topological polar surface area (TPSA) is 111 Å². The molecule has 0 saturated heterocycles. The second kappa shape index (κ2) is 8.39. The average molecular weight is 436 g/mol. The van der Waals surface area contributed by atoms with Crippen molar-refractivity contribution in [2.24, 2.45) is 0 Å². The number of aromatic nitrogens is 5.